The normalized spacial score (nSPS) is 16.7. The lowest BCUT2D eigenvalue weighted by Gasteiger charge is -2.22. The molecule has 1 saturated heterocycles. The Morgan fingerprint density at radius 1 is 0.931 bits per heavy atom. The van der Waals surface area contributed by atoms with Gasteiger partial charge in [0, 0.05) is 24.3 Å². The maximum absolute atomic E-state index is 12.7. The summed E-state index contributed by atoms with van der Waals surface area (Å²) >= 11 is 0. The van der Waals surface area contributed by atoms with Crippen molar-refractivity contribution in [3.8, 4) is 0 Å². The van der Waals surface area contributed by atoms with E-state index in [2.05, 4.69) is 5.32 Å². The first-order valence-electron chi connectivity index (χ1n) is 9.64. The maximum Gasteiger partial charge on any atom is 0.262 e. The van der Waals surface area contributed by atoms with Crippen LogP contribution in [0.15, 0.2) is 48.5 Å². The molecule has 0 bridgehead atoms. The Balaban J connectivity index is 1.48. The van der Waals surface area contributed by atoms with Crippen molar-refractivity contribution in [3.63, 3.8) is 0 Å². The minimum atomic E-state index is -0.986. The number of hydrogen-bond donors (Lipinski definition) is 1. The van der Waals surface area contributed by atoms with Crippen LogP contribution in [-0.4, -0.2) is 52.6 Å². The quantitative estimate of drug-likeness (QED) is 0.812. The highest BCUT2D eigenvalue weighted by Gasteiger charge is 2.40. The topological polar surface area (TPSA) is 86.8 Å². The number of fused-ring (bicyclic) bond motifs is 1. The van der Waals surface area contributed by atoms with Gasteiger partial charge in [-0.15, -0.1) is 0 Å². The number of hydrogen-bond acceptors (Lipinski definition) is 4. The lowest BCUT2D eigenvalue weighted by molar-refractivity contribution is -0.119. The Labute approximate surface area is 168 Å². The SMILES string of the molecule is CC(C(=O)Nc1cccc(C(=O)N2CCCC2)c1)N1C(=O)c2ccccc2C1=O. The van der Waals surface area contributed by atoms with Crippen molar-refractivity contribution in [3.05, 3.63) is 65.2 Å². The van der Waals surface area contributed by atoms with E-state index < -0.39 is 23.8 Å². The molecule has 1 atom stereocenters. The highest BCUT2D eigenvalue weighted by molar-refractivity contribution is 6.23. The van der Waals surface area contributed by atoms with Crippen molar-refractivity contribution in [2.24, 2.45) is 0 Å². The second-order valence-corrected chi connectivity index (χ2v) is 7.27. The second-order valence-electron chi connectivity index (χ2n) is 7.27. The largest absolute Gasteiger partial charge is 0.339 e. The standard InChI is InChI=1S/C22H21N3O4/c1-14(25-21(28)17-9-2-3-10-18(17)22(25)29)19(26)23-16-8-6-7-15(13-16)20(27)24-11-4-5-12-24/h2-3,6-10,13-14H,4-5,11-12H2,1H3,(H,23,26). The van der Waals surface area contributed by atoms with Gasteiger partial charge in [-0.3, -0.25) is 24.1 Å². The third-order valence-electron chi connectivity index (χ3n) is 5.36. The summed E-state index contributed by atoms with van der Waals surface area (Å²) in [6.45, 7) is 2.99. The highest BCUT2D eigenvalue weighted by Crippen LogP contribution is 2.25. The maximum atomic E-state index is 12.7. The summed E-state index contributed by atoms with van der Waals surface area (Å²) in [4.78, 5) is 53.2. The number of anilines is 1. The Kier molecular flexibility index (Phi) is 4.88. The van der Waals surface area contributed by atoms with Crippen LogP contribution in [0.1, 0.15) is 50.8 Å². The van der Waals surface area contributed by atoms with Crippen LogP contribution in [0.2, 0.25) is 0 Å². The first kappa shape index (κ1) is 18.9. The zero-order valence-electron chi connectivity index (χ0n) is 16.1. The molecule has 2 aromatic carbocycles. The summed E-state index contributed by atoms with van der Waals surface area (Å²) in [7, 11) is 0. The fourth-order valence-corrected chi connectivity index (χ4v) is 3.76. The van der Waals surface area contributed by atoms with Crippen LogP contribution < -0.4 is 5.32 Å². The molecule has 4 rings (SSSR count). The molecule has 2 aliphatic heterocycles. The van der Waals surface area contributed by atoms with E-state index in [0.29, 0.717) is 22.4 Å². The van der Waals surface area contributed by atoms with Crippen LogP contribution in [0.25, 0.3) is 0 Å². The van der Waals surface area contributed by atoms with Crippen molar-refractivity contribution < 1.29 is 19.2 Å². The van der Waals surface area contributed by atoms with E-state index in [1.807, 2.05) is 0 Å². The van der Waals surface area contributed by atoms with E-state index in [9.17, 15) is 19.2 Å². The first-order chi connectivity index (χ1) is 14.0. The van der Waals surface area contributed by atoms with Crippen LogP contribution >= 0.6 is 0 Å². The molecule has 0 saturated carbocycles. The Bertz CT molecular complexity index is 976. The summed E-state index contributed by atoms with van der Waals surface area (Å²) in [5.41, 5.74) is 1.55. The molecule has 2 heterocycles. The molecule has 1 unspecified atom stereocenters. The monoisotopic (exact) mass is 391 g/mol. The third kappa shape index (κ3) is 3.40. The van der Waals surface area contributed by atoms with Crippen LogP contribution in [0.4, 0.5) is 5.69 Å². The number of nitrogens with one attached hydrogen (secondary N) is 1. The van der Waals surface area contributed by atoms with E-state index in [1.54, 1.807) is 53.4 Å². The summed E-state index contributed by atoms with van der Waals surface area (Å²) in [6.07, 6.45) is 2.00. The predicted molar refractivity (Wildman–Crippen MR) is 107 cm³/mol. The summed E-state index contributed by atoms with van der Waals surface area (Å²) in [5.74, 6) is -1.52. The molecule has 2 aromatic rings. The van der Waals surface area contributed by atoms with Gasteiger partial charge in [-0.2, -0.15) is 0 Å². The lowest BCUT2D eigenvalue weighted by Crippen LogP contribution is -2.45. The van der Waals surface area contributed by atoms with Gasteiger partial charge in [0.15, 0.2) is 0 Å². The molecule has 2 aliphatic rings. The van der Waals surface area contributed by atoms with Crippen LogP contribution in [0, 0.1) is 0 Å². The molecule has 7 heteroatoms. The molecule has 148 valence electrons. The summed E-state index contributed by atoms with van der Waals surface area (Å²) in [6, 6.07) is 12.2. The van der Waals surface area contributed by atoms with Gasteiger partial charge in [-0.1, -0.05) is 18.2 Å². The number of amides is 4. The first-order valence-corrected chi connectivity index (χ1v) is 9.64. The van der Waals surface area contributed by atoms with E-state index in [-0.39, 0.29) is 5.91 Å². The molecule has 7 nitrogen and oxygen atoms in total. The van der Waals surface area contributed by atoms with Gasteiger partial charge in [0.1, 0.15) is 6.04 Å². The van der Waals surface area contributed by atoms with Gasteiger partial charge in [-0.05, 0) is 50.1 Å². The highest BCUT2D eigenvalue weighted by atomic mass is 16.2. The van der Waals surface area contributed by atoms with Gasteiger partial charge in [0.25, 0.3) is 17.7 Å². The van der Waals surface area contributed by atoms with Gasteiger partial charge >= 0.3 is 0 Å². The van der Waals surface area contributed by atoms with Crippen molar-refractivity contribution in [1.29, 1.82) is 0 Å². The lowest BCUT2D eigenvalue weighted by atomic mass is 10.1. The zero-order valence-corrected chi connectivity index (χ0v) is 16.1. The number of likely N-dealkylation sites (tertiary alicyclic amines) is 1. The van der Waals surface area contributed by atoms with Crippen LogP contribution in [0.3, 0.4) is 0 Å². The summed E-state index contributed by atoms with van der Waals surface area (Å²) < 4.78 is 0. The molecule has 0 aromatic heterocycles. The second kappa shape index (κ2) is 7.50. The fourth-order valence-electron chi connectivity index (χ4n) is 3.76. The molecule has 1 fully saturated rings. The Morgan fingerprint density at radius 2 is 1.55 bits per heavy atom. The van der Waals surface area contributed by atoms with Gasteiger partial charge in [0.05, 0.1) is 11.1 Å². The Morgan fingerprint density at radius 3 is 2.17 bits per heavy atom. The molecule has 0 radical (unpaired) electrons. The molecule has 0 aliphatic carbocycles. The fraction of sp³-hybridized carbons (Fsp3) is 0.273. The molecule has 0 spiro atoms. The van der Waals surface area contributed by atoms with Crippen molar-refractivity contribution in [2.45, 2.75) is 25.8 Å². The van der Waals surface area contributed by atoms with Crippen molar-refractivity contribution in [2.75, 3.05) is 18.4 Å². The number of carbonyl (C=O) groups is 4. The van der Waals surface area contributed by atoms with E-state index in [1.165, 1.54) is 6.92 Å². The minimum Gasteiger partial charge on any atom is -0.339 e. The van der Waals surface area contributed by atoms with Gasteiger partial charge in [0.2, 0.25) is 5.91 Å². The van der Waals surface area contributed by atoms with Gasteiger partial charge < -0.3 is 10.2 Å². The molecule has 1 N–H and O–H groups in total. The molecule has 4 amide bonds. The minimum absolute atomic E-state index is 0.0630. The average Bonchev–Trinajstić information content (AvgIpc) is 3.35. The molecule has 29 heavy (non-hydrogen) atoms. The Hall–Kier alpha value is -3.48. The zero-order chi connectivity index (χ0) is 20.5. The van der Waals surface area contributed by atoms with Gasteiger partial charge in [-0.25, -0.2) is 0 Å². The molecular weight excluding hydrogens is 370 g/mol. The van der Waals surface area contributed by atoms with E-state index in [4.69, 9.17) is 0 Å². The van der Waals surface area contributed by atoms with E-state index >= 15 is 0 Å². The third-order valence-corrected chi connectivity index (χ3v) is 5.36. The number of nitrogens with zero attached hydrogens (tertiary/aromatic N) is 2. The van der Waals surface area contributed by atoms with E-state index in [0.717, 1.165) is 30.8 Å². The van der Waals surface area contributed by atoms with Crippen molar-refractivity contribution >= 4 is 29.3 Å². The number of imide groups is 1. The smallest absolute Gasteiger partial charge is 0.262 e. The number of carbonyl (C=O) groups excluding carboxylic acids is 4. The average molecular weight is 391 g/mol. The number of rotatable bonds is 4. The molecular formula is C22H21N3O4. The van der Waals surface area contributed by atoms with Crippen LogP contribution in [0.5, 0.6) is 0 Å². The number of benzene rings is 2. The summed E-state index contributed by atoms with van der Waals surface area (Å²) in [5, 5.41) is 2.72. The predicted octanol–water partition coefficient (Wildman–Crippen LogP) is 2.55. The van der Waals surface area contributed by atoms with Crippen LogP contribution in [-0.2, 0) is 4.79 Å². The van der Waals surface area contributed by atoms with Crippen molar-refractivity contribution in [1.82, 2.24) is 9.80 Å².